The third-order valence-electron chi connectivity index (χ3n) is 5.48. The number of aliphatic hydroxyl groups is 1. The van der Waals surface area contributed by atoms with Crippen LogP contribution in [0.5, 0.6) is 0 Å². The van der Waals surface area contributed by atoms with Crippen LogP contribution in [0.25, 0.3) is 16.6 Å². The fourth-order valence-corrected chi connectivity index (χ4v) is 4.70. The number of rotatable bonds is 6. The summed E-state index contributed by atoms with van der Waals surface area (Å²) in [5, 5.41) is 10.2. The SMILES string of the molecule is CCOC(=O)c1c(C)c(C)c2nc(CO)n(-c3ccccc3S(=O)(=O)NC)c(=O)c2c1C. The standard InChI is InChI=1S/C22H25N3O6S/c1-6-31-22(28)18-12(2)13(3)20-19(14(18)4)21(27)25(17(11-26)24-20)15-9-7-8-10-16(15)32(29,30)23-5/h7-10,23,26H,6,11H2,1-5H3. The van der Waals surface area contributed by atoms with E-state index in [-0.39, 0.29) is 34.0 Å². The zero-order chi connectivity index (χ0) is 23.8. The number of para-hydroxylation sites is 1. The highest BCUT2D eigenvalue weighted by Gasteiger charge is 2.26. The molecule has 3 aromatic rings. The Morgan fingerprint density at radius 2 is 1.81 bits per heavy atom. The van der Waals surface area contributed by atoms with Crippen LogP contribution in [0.4, 0.5) is 0 Å². The zero-order valence-electron chi connectivity index (χ0n) is 18.5. The fraction of sp³-hybridized carbons (Fsp3) is 0.318. The van der Waals surface area contributed by atoms with Gasteiger partial charge in [0.1, 0.15) is 17.3 Å². The molecule has 1 aromatic heterocycles. The van der Waals surface area contributed by atoms with Crippen molar-refractivity contribution in [2.75, 3.05) is 13.7 Å². The van der Waals surface area contributed by atoms with E-state index in [9.17, 15) is 23.1 Å². The summed E-state index contributed by atoms with van der Waals surface area (Å²) in [4.78, 5) is 30.7. The average molecular weight is 460 g/mol. The van der Waals surface area contributed by atoms with Crippen LogP contribution >= 0.6 is 0 Å². The molecule has 0 saturated heterocycles. The molecular weight excluding hydrogens is 434 g/mol. The van der Waals surface area contributed by atoms with Gasteiger partial charge in [-0.25, -0.2) is 22.9 Å². The van der Waals surface area contributed by atoms with Gasteiger partial charge in [0.05, 0.1) is 28.8 Å². The molecule has 0 bridgehead atoms. The fourth-order valence-electron chi connectivity index (χ4n) is 3.79. The van der Waals surface area contributed by atoms with Gasteiger partial charge < -0.3 is 9.84 Å². The van der Waals surface area contributed by atoms with Crippen molar-refractivity contribution < 1.29 is 23.1 Å². The molecule has 10 heteroatoms. The highest BCUT2D eigenvalue weighted by atomic mass is 32.2. The lowest BCUT2D eigenvalue weighted by atomic mass is 9.94. The lowest BCUT2D eigenvalue weighted by Crippen LogP contribution is -2.29. The minimum absolute atomic E-state index is 0.0213. The van der Waals surface area contributed by atoms with Gasteiger partial charge in [-0.1, -0.05) is 12.1 Å². The third-order valence-corrected chi connectivity index (χ3v) is 6.94. The Morgan fingerprint density at radius 3 is 2.41 bits per heavy atom. The number of fused-ring (bicyclic) bond motifs is 1. The summed E-state index contributed by atoms with van der Waals surface area (Å²) in [5.74, 6) is -0.574. The summed E-state index contributed by atoms with van der Waals surface area (Å²) in [7, 11) is -2.65. The number of carbonyl (C=O) groups is 1. The predicted octanol–water partition coefficient (Wildman–Crippen LogP) is 1.89. The van der Waals surface area contributed by atoms with Gasteiger partial charge >= 0.3 is 5.97 Å². The second kappa shape index (κ2) is 8.81. The molecule has 0 aliphatic carbocycles. The Kier molecular flexibility index (Phi) is 6.49. The minimum atomic E-state index is -3.92. The maximum absolute atomic E-state index is 13.7. The monoisotopic (exact) mass is 459 g/mol. The lowest BCUT2D eigenvalue weighted by molar-refractivity contribution is 0.0524. The smallest absolute Gasteiger partial charge is 0.338 e. The van der Waals surface area contributed by atoms with Gasteiger partial charge in [-0.15, -0.1) is 0 Å². The molecule has 0 saturated carbocycles. The molecular formula is C22H25N3O6S. The average Bonchev–Trinajstić information content (AvgIpc) is 2.77. The molecule has 0 aliphatic rings. The van der Waals surface area contributed by atoms with Crippen LogP contribution < -0.4 is 10.3 Å². The van der Waals surface area contributed by atoms with Crippen molar-refractivity contribution in [2.45, 2.75) is 39.2 Å². The van der Waals surface area contributed by atoms with Crippen molar-refractivity contribution in [1.29, 1.82) is 0 Å². The first-order chi connectivity index (χ1) is 15.1. The van der Waals surface area contributed by atoms with Crippen LogP contribution in [-0.2, 0) is 21.4 Å². The molecule has 0 atom stereocenters. The number of benzene rings is 2. The van der Waals surface area contributed by atoms with Gasteiger partial charge in [0.15, 0.2) is 0 Å². The number of esters is 1. The van der Waals surface area contributed by atoms with Crippen molar-refractivity contribution in [3.8, 4) is 5.69 Å². The molecule has 0 aliphatic heterocycles. The minimum Gasteiger partial charge on any atom is -0.462 e. The first kappa shape index (κ1) is 23.6. The van der Waals surface area contributed by atoms with E-state index in [0.717, 1.165) is 4.57 Å². The number of sulfonamides is 1. The van der Waals surface area contributed by atoms with Gasteiger partial charge in [0, 0.05) is 0 Å². The van der Waals surface area contributed by atoms with Crippen LogP contribution in [0.15, 0.2) is 34.0 Å². The topological polar surface area (TPSA) is 128 Å². The van der Waals surface area contributed by atoms with E-state index >= 15 is 0 Å². The summed E-state index contributed by atoms with van der Waals surface area (Å²) in [5.41, 5.74) is 1.67. The number of aryl methyl sites for hydroxylation is 2. The molecule has 32 heavy (non-hydrogen) atoms. The zero-order valence-corrected chi connectivity index (χ0v) is 19.3. The Morgan fingerprint density at radius 1 is 1.16 bits per heavy atom. The summed E-state index contributed by atoms with van der Waals surface area (Å²) in [6.07, 6.45) is 0. The predicted molar refractivity (Wildman–Crippen MR) is 120 cm³/mol. The van der Waals surface area contributed by atoms with Crippen LogP contribution in [0.1, 0.15) is 39.8 Å². The van der Waals surface area contributed by atoms with E-state index < -0.39 is 28.2 Å². The van der Waals surface area contributed by atoms with Crippen LogP contribution in [0, 0.1) is 20.8 Å². The number of hydrogen-bond donors (Lipinski definition) is 2. The second-order valence-electron chi connectivity index (χ2n) is 7.20. The van der Waals surface area contributed by atoms with Crippen molar-refractivity contribution in [2.24, 2.45) is 0 Å². The molecule has 3 rings (SSSR count). The number of aromatic nitrogens is 2. The van der Waals surface area contributed by atoms with Crippen molar-refractivity contribution in [3.05, 3.63) is 62.7 Å². The summed E-state index contributed by atoms with van der Waals surface area (Å²) in [6.45, 7) is 6.37. The molecule has 2 N–H and O–H groups in total. The third kappa shape index (κ3) is 3.70. The maximum atomic E-state index is 13.7. The number of ether oxygens (including phenoxy) is 1. The number of aliphatic hydroxyl groups excluding tert-OH is 1. The van der Waals surface area contributed by atoms with Gasteiger partial charge in [0.25, 0.3) is 5.56 Å². The molecule has 0 amide bonds. The number of nitrogens with zero attached hydrogens (tertiary/aromatic N) is 2. The molecule has 2 aromatic carbocycles. The Hall–Kier alpha value is -3.08. The van der Waals surface area contributed by atoms with Crippen LogP contribution in [0.3, 0.4) is 0 Å². The highest BCUT2D eigenvalue weighted by molar-refractivity contribution is 7.89. The molecule has 0 radical (unpaired) electrons. The van der Waals surface area contributed by atoms with Gasteiger partial charge in [-0.2, -0.15) is 0 Å². The Labute approximate surface area is 185 Å². The summed E-state index contributed by atoms with van der Waals surface area (Å²) >= 11 is 0. The van der Waals surface area contributed by atoms with E-state index in [0.29, 0.717) is 22.2 Å². The van der Waals surface area contributed by atoms with E-state index in [1.54, 1.807) is 33.8 Å². The molecule has 9 nitrogen and oxygen atoms in total. The number of hydrogen-bond acceptors (Lipinski definition) is 7. The maximum Gasteiger partial charge on any atom is 0.338 e. The summed E-state index contributed by atoms with van der Waals surface area (Å²) in [6, 6.07) is 5.93. The number of carbonyl (C=O) groups excluding carboxylic acids is 1. The van der Waals surface area contributed by atoms with E-state index in [4.69, 9.17) is 4.74 Å². The molecule has 1 heterocycles. The van der Waals surface area contributed by atoms with Crippen molar-refractivity contribution in [3.63, 3.8) is 0 Å². The quantitative estimate of drug-likeness (QED) is 0.539. The van der Waals surface area contributed by atoms with E-state index in [1.165, 1.54) is 25.2 Å². The molecule has 0 spiro atoms. The normalized spacial score (nSPS) is 11.7. The van der Waals surface area contributed by atoms with E-state index in [1.807, 2.05) is 0 Å². The van der Waals surface area contributed by atoms with Crippen LogP contribution in [-0.4, -0.2) is 42.7 Å². The van der Waals surface area contributed by atoms with Gasteiger partial charge in [-0.05, 0) is 63.6 Å². The largest absolute Gasteiger partial charge is 0.462 e. The molecule has 170 valence electrons. The molecule has 0 fully saturated rings. The Bertz CT molecular complexity index is 1390. The molecule has 0 unspecified atom stereocenters. The van der Waals surface area contributed by atoms with E-state index in [2.05, 4.69) is 9.71 Å². The van der Waals surface area contributed by atoms with Crippen molar-refractivity contribution >= 4 is 26.9 Å². The first-order valence-electron chi connectivity index (χ1n) is 9.96. The summed E-state index contributed by atoms with van der Waals surface area (Å²) < 4.78 is 33.6. The first-order valence-corrected chi connectivity index (χ1v) is 11.4. The van der Waals surface area contributed by atoms with Crippen LogP contribution in [0.2, 0.25) is 0 Å². The van der Waals surface area contributed by atoms with Gasteiger partial charge in [-0.3, -0.25) is 9.36 Å². The van der Waals surface area contributed by atoms with Crippen molar-refractivity contribution in [1.82, 2.24) is 14.3 Å². The second-order valence-corrected chi connectivity index (χ2v) is 9.05. The lowest BCUT2D eigenvalue weighted by Gasteiger charge is -2.19. The Balaban J connectivity index is 2.53. The highest BCUT2D eigenvalue weighted by Crippen LogP contribution is 2.29. The number of nitrogens with one attached hydrogen (secondary N) is 1. The van der Waals surface area contributed by atoms with Gasteiger partial charge in [0.2, 0.25) is 10.0 Å².